The van der Waals surface area contributed by atoms with Crippen molar-refractivity contribution in [1.29, 1.82) is 0 Å². The molecule has 0 N–H and O–H groups in total. The number of amides is 2. The van der Waals surface area contributed by atoms with Crippen LogP contribution in [0.5, 0.6) is 0 Å². The van der Waals surface area contributed by atoms with Crippen molar-refractivity contribution in [3.63, 3.8) is 0 Å². The second kappa shape index (κ2) is 8.94. The molecule has 1 aliphatic heterocycles. The van der Waals surface area contributed by atoms with E-state index in [0.717, 1.165) is 27.6 Å². The maximum Gasteiger partial charge on any atom is 0.324 e. The van der Waals surface area contributed by atoms with Gasteiger partial charge >= 0.3 is 5.00 Å². The van der Waals surface area contributed by atoms with Gasteiger partial charge in [-0.25, -0.2) is 4.98 Å². The minimum atomic E-state index is -0.499. The molecule has 4 rings (SSSR count). The highest BCUT2D eigenvalue weighted by Gasteiger charge is 2.29. The van der Waals surface area contributed by atoms with Crippen LogP contribution >= 0.6 is 22.7 Å². The zero-order chi connectivity index (χ0) is 22.0. The third-order valence-electron chi connectivity index (χ3n) is 5.07. The van der Waals surface area contributed by atoms with E-state index in [1.54, 1.807) is 9.80 Å². The van der Waals surface area contributed by atoms with Crippen LogP contribution in [0, 0.1) is 17.0 Å². The summed E-state index contributed by atoms with van der Waals surface area (Å²) in [7, 11) is 0. The Morgan fingerprint density at radius 3 is 2.26 bits per heavy atom. The zero-order valence-electron chi connectivity index (χ0n) is 16.8. The van der Waals surface area contributed by atoms with Crippen LogP contribution in [0.1, 0.15) is 35.6 Å². The molecule has 0 atom stereocenters. The highest BCUT2D eigenvalue weighted by Crippen LogP contribution is 2.26. The predicted octanol–water partition coefficient (Wildman–Crippen LogP) is 3.61. The lowest BCUT2D eigenvalue weighted by molar-refractivity contribution is -0.380. The summed E-state index contributed by atoms with van der Waals surface area (Å²) < 4.78 is 0. The molecule has 0 spiro atoms. The van der Waals surface area contributed by atoms with Crippen molar-refractivity contribution in [2.45, 2.75) is 13.3 Å². The Balaban J connectivity index is 1.38. The van der Waals surface area contributed by atoms with E-state index >= 15 is 0 Å². The molecule has 0 radical (unpaired) electrons. The third kappa shape index (κ3) is 4.64. The number of aromatic nitrogens is 1. The first-order valence-electron chi connectivity index (χ1n) is 9.75. The summed E-state index contributed by atoms with van der Waals surface area (Å²) in [6.07, 6.45) is 0.689. The van der Waals surface area contributed by atoms with Crippen LogP contribution in [-0.4, -0.2) is 57.7 Å². The molecule has 31 heavy (non-hydrogen) atoms. The summed E-state index contributed by atoms with van der Waals surface area (Å²) in [4.78, 5) is 44.9. The van der Waals surface area contributed by atoms with Crippen molar-refractivity contribution < 1.29 is 14.5 Å². The Kier molecular flexibility index (Phi) is 6.10. The van der Waals surface area contributed by atoms with Crippen LogP contribution in [0.25, 0.3) is 0 Å². The standard InChI is InChI=1S/C21H20N4O4S2/c1-14-19(31-17(22-14)13-15-5-3-2-4-6-15)21(27)24-11-9-23(10-12-24)20(26)16-7-8-18(30-16)25(28)29/h2-8H,9-13H2,1H3. The Morgan fingerprint density at radius 1 is 1.00 bits per heavy atom. The van der Waals surface area contributed by atoms with Gasteiger partial charge in [-0.2, -0.15) is 0 Å². The molecular weight excluding hydrogens is 436 g/mol. The van der Waals surface area contributed by atoms with Crippen molar-refractivity contribution in [1.82, 2.24) is 14.8 Å². The summed E-state index contributed by atoms with van der Waals surface area (Å²) >= 11 is 2.30. The van der Waals surface area contributed by atoms with Crippen LogP contribution in [0.4, 0.5) is 5.00 Å². The quantitative estimate of drug-likeness (QED) is 0.432. The first-order valence-corrected chi connectivity index (χ1v) is 11.4. The molecular formula is C21H20N4O4S2. The topological polar surface area (TPSA) is 96.7 Å². The van der Waals surface area contributed by atoms with Crippen LogP contribution < -0.4 is 0 Å². The Morgan fingerprint density at radius 2 is 1.65 bits per heavy atom. The van der Waals surface area contributed by atoms with Crippen LogP contribution in [-0.2, 0) is 6.42 Å². The third-order valence-corrected chi connectivity index (χ3v) is 7.24. The van der Waals surface area contributed by atoms with Crippen LogP contribution in [0.15, 0.2) is 42.5 Å². The number of benzene rings is 1. The minimum Gasteiger partial charge on any atom is -0.334 e. The lowest BCUT2D eigenvalue weighted by atomic mass is 10.2. The molecule has 1 fully saturated rings. The fourth-order valence-electron chi connectivity index (χ4n) is 3.45. The van der Waals surface area contributed by atoms with Crippen LogP contribution in [0.2, 0.25) is 0 Å². The van der Waals surface area contributed by atoms with Gasteiger partial charge in [-0.3, -0.25) is 19.7 Å². The van der Waals surface area contributed by atoms with Crippen molar-refractivity contribution in [3.8, 4) is 0 Å². The Bertz CT molecular complexity index is 1120. The summed E-state index contributed by atoms with van der Waals surface area (Å²) in [5.74, 6) is -0.294. The molecule has 0 unspecified atom stereocenters. The SMILES string of the molecule is Cc1nc(Cc2ccccc2)sc1C(=O)N1CCN(C(=O)c2ccc([N+](=O)[O-])s2)CC1. The number of hydrogen-bond acceptors (Lipinski definition) is 7. The number of thiophene rings is 1. The molecule has 10 heteroatoms. The number of carbonyl (C=O) groups excluding carboxylic acids is 2. The van der Waals surface area contributed by atoms with Gasteiger partial charge in [-0.1, -0.05) is 41.7 Å². The van der Waals surface area contributed by atoms with Crippen LogP contribution in [0.3, 0.4) is 0 Å². The molecule has 1 aromatic carbocycles. The van der Waals surface area contributed by atoms with Gasteiger partial charge in [0.05, 0.1) is 20.5 Å². The van der Waals surface area contributed by atoms with Gasteiger partial charge in [0.2, 0.25) is 0 Å². The van der Waals surface area contributed by atoms with E-state index < -0.39 is 4.92 Å². The van der Waals surface area contributed by atoms with E-state index in [1.165, 1.54) is 23.5 Å². The molecule has 1 aliphatic rings. The number of carbonyl (C=O) groups is 2. The Labute approximate surface area is 186 Å². The first kappa shape index (κ1) is 21.1. The largest absolute Gasteiger partial charge is 0.334 e. The molecule has 0 saturated carbocycles. The summed E-state index contributed by atoms with van der Waals surface area (Å²) in [6.45, 7) is 3.48. The monoisotopic (exact) mass is 456 g/mol. The van der Waals surface area contributed by atoms with E-state index in [1.807, 2.05) is 37.3 Å². The fourth-order valence-corrected chi connectivity index (χ4v) is 5.30. The number of rotatable bonds is 5. The smallest absolute Gasteiger partial charge is 0.324 e. The maximum atomic E-state index is 13.0. The van der Waals surface area contributed by atoms with Crippen molar-refractivity contribution in [2.75, 3.05) is 26.2 Å². The van der Waals surface area contributed by atoms with Gasteiger partial charge in [0.25, 0.3) is 11.8 Å². The van der Waals surface area contributed by atoms with E-state index in [4.69, 9.17) is 0 Å². The number of nitrogens with zero attached hydrogens (tertiary/aromatic N) is 4. The van der Waals surface area contributed by atoms with Crippen molar-refractivity contribution in [2.24, 2.45) is 0 Å². The molecule has 0 bridgehead atoms. The van der Waals surface area contributed by atoms with Gasteiger partial charge in [0.1, 0.15) is 4.88 Å². The maximum absolute atomic E-state index is 13.0. The number of thiazole rings is 1. The number of nitro groups is 1. The van der Waals surface area contributed by atoms with E-state index in [9.17, 15) is 19.7 Å². The number of hydrogen-bond donors (Lipinski definition) is 0. The number of piperazine rings is 1. The normalized spacial score (nSPS) is 14.0. The Hall–Kier alpha value is -3.11. The zero-order valence-corrected chi connectivity index (χ0v) is 18.4. The van der Waals surface area contributed by atoms with Gasteiger partial charge < -0.3 is 9.80 Å². The van der Waals surface area contributed by atoms with Gasteiger partial charge in [-0.15, -0.1) is 11.3 Å². The predicted molar refractivity (Wildman–Crippen MR) is 119 cm³/mol. The molecule has 8 nitrogen and oxygen atoms in total. The van der Waals surface area contributed by atoms with E-state index in [-0.39, 0.29) is 16.8 Å². The van der Waals surface area contributed by atoms with Crippen molar-refractivity contribution >= 4 is 39.5 Å². The molecule has 160 valence electrons. The highest BCUT2D eigenvalue weighted by molar-refractivity contribution is 7.17. The second-order valence-electron chi connectivity index (χ2n) is 7.16. The van der Waals surface area contributed by atoms with Gasteiger partial charge in [0.15, 0.2) is 0 Å². The molecule has 2 amide bonds. The van der Waals surface area contributed by atoms with Crippen molar-refractivity contribution in [3.05, 3.63) is 78.6 Å². The lowest BCUT2D eigenvalue weighted by Crippen LogP contribution is -2.50. The van der Waals surface area contributed by atoms with Gasteiger partial charge in [0, 0.05) is 38.7 Å². The number of aryl methyl sites for hydroxylation is 1. The molecule has 1 saturated heterocycles. The first-order chi connectivity index (χ1) is 14.9. The molecule has 3 heterocycles. The molecule has 3 aromatic rings. The minimum absolute atomic E-state index is 0.0517. The summed E-state index contributed by atoms with van der Waals surface area (Å²) in [5.41, 5.74) is 1.88. The van der Waals surface area contributed by atoms with Gasteiger partial charge in [-0.05, 0) is 18.6 Å². The molecule has 2 aromatic heterocycles. The summed E-state index contributed by atoms with van der Waals surface area (Å²) in [5, 5.41) is 11.7. The molecule has 0 aliphatic carbocycles. The highest BCUT2D eigenvalue weighted by atomic mass is 32.1. The van der Waals surface area contributed by atoms with E-state index in [0.29, 0.717) is 42.4 Å². The summed E-state index contributed by atoms with van der Waals surface area (Å²) in [6, 6.07) is 12.8. The lowest BCUT2D eigenvalue weighted by Gasteiger charge is -2.34. The second-order valence-corrected chi connectivity index (χ2v) is 9.31. The average molecular weight is 457 g/mol. The average Bonchev–Trinajstić information content (AvgIpc) is 3.41. The fraction of sp³-hybridized carbons (Fsp3) is 0.286. The van der Waals surface area contributed by atoms with E-state index in [2.05, 4.69) is 4.98 Å².